The van der Waals surface area contributed by atoms with Gasteiger partial charge >= 0.3 is 5.97 Å². The van der Waals surface area contributed by atoms with Crippen molar-refractivity contribution in [1.82, 2.24) is 4.98 Å². The van der Waals surface area contributed by atoms with Crippen LogP contribution in [0.1, 0.15) is 48.9 Å². The SMILES string of the molecule is O=C(OC1CCCCCC1)c1cccnc1Cl. The van der Waals surface area contributed by atoms with Crippen molar-refractivity contribution in [2.45, 2.75) is 44.6 Å². The van der Waals surface area contributed by atoms with E-state index >= 15 is 0 Å². The molecule has 3 nitrogen and oxygen atoms in total. The number of carbonyl (C=O) groups is 1. The summed E-state index contributed by atoms with van der Waals surface area (Å²) < 4.78 is 5.47. The van der Waals surface area contributed by atoms with Crippen molar-refractivity contribution in [3.05, 3.63) is 29.0 Å². The molecule has 4 heteroatoms. The van der Waals surface area contributed by atoms with Gasteiger partial charge in [0.25, 0.3) is 0 Å². The van der Waals surface area contributed by atoms with Crippen molar-refractivity contribution in [2.75, 3.05) is 0 Å². The van der Waals surface area contributed by atoms with Gasteiger partial charge in [-0.1, -0.05) is 24.4 Å². The zero-order chi connectivity index (χ0) is 12.1. The number of aromatic nitrogens is 1. The summed E-state index contributed by atoms with van der Waals surface area (Å²) in [7, 11) is 0. The maximum Gasteiger partial charge on any atom is 0.341 e. The quantitative estimate of drug-likeness (QED) is 0.459. The van der Waals surface area contributed by atoms with Gasteiger partial charge in [-0.3, -0.25) is 0 Å². The van der Waals surface area contributed by atoms with Crippen molar-refractivity contribution < 1.29 is 9.53 Å². The number of nitrogens with zero attached hydrogens (tertiary/aromatic N) is 1. The Bertz CT molecular complexity index is 387. The lowest BCUT2D eigenvalue weighted by molar-refractivity contribution is 0.0267. The first-order chi connectivity index (χ1) is 8.27. The highest BCUT2D eigenvalue weighted by atomic mass is 35.5. The standard InChI is InChI=1S/C13H16ClNO2/c14-12-11(8-5-9-15-12)13(16)17-10-6-3-1-2-4-7-10/h5,8-10H,1-4,6-7H2. The fourth-order valence-electron chi connectivity index (χ4n) is 2.11. The second-order valence-corrected chi connectivity index (χ2v) is 4.72. The Morgan fingerprint density at radius 3 is 2.65 bits per heavy atom. The van der Waals surface area contributed by atoms with Crippen molar-refractivity contribution in [3.63, 3.8) is 0 Å². The number of pyridine rings is 1. The molecule has 1 aromatic heterocycles. The van der Waals surface area contributed by atoms with E-state index in [1.807, 2.05) is 0 Å². The Morgan fingerprint density at radius 2 is 2.00 bits per heavy atom. The summed E-state index contributed by atoms with van der Waals surface area (Å²) >= 11 is 5.86. The fourth-order valence-corrected chi connectivity index (χ4v) is 2.31. The number of esters is 1. The summed E-state index contributed by atoms with van der Waals surface area (Å²) in [5, 5.41) is 0.214. The van der Waals surface area contributed by atoms with Crippen LogP contribution >= 0.6 is 11.6 Å². The molecule has 2 rings (SSSR count). The molecule has 1 aliphatic rings. The summed E-state index contributed by atoms with van der Waals surface area (Å²) in [5.74, 6) is -0.352. The van der Waals surface area contributed by atoms with Crippen LogP contribution in [-0.2, 0) is 4.74 Å². The zero-order valence-electron chi connectivity index (χ0n) is 9.69. The lowest BCUT2D eigenvalue weighted by atomic mass is 10.1. The second kappa shape index (κ2) is 6.01. The lowest BCUT2D eigenvalue weighted by Gasteiger charge is -2.15. The Labute approximate surface area is 106 Å². The molecule has 0 amide bonds. The van der Waals surface area contributed by atoms with Gasteiger partial charge in [-0.2, -0.15) is 0 Å². The van der Waals surface area contributed by atoms with Crippen LogP contribution in [0.15, 0.2) is 18.3 Å². The molecule has 0 atom stereocenters. The summed E-state index contributed by atoms with van der Waals surface area (Å²) in [4.78, 5) is 15.8. The first-order valence-electron chi connectivity index (χ1n) is 6.09. The topological polar surface area (TPSA) is 39.2 Å². The van der Waals surface area contributed by atoms with E-state index in [2.05, 4.69) is 4.98 Å². The smallest absolute Gasteiger partial charge is 0.341 e. The molecule has 1 aliphatic carbocycles. The zero-order valence-corrected chi connectivity index (χ0v) is 10.4. The molecule has 1 aromatic rings. The summed E-state index contributed by atoms with van der Waals surface area (Å²) in [6.07, 6.45) is 8.28. The van der Waals surface area contributed by atoms with E-state index in [0.29, 0.717) is 5.56 Å². The molecule has 0 saturated heterocycles. The minimum absolute atomic E-state index is 0.0428. The number of carbonyl (C=O) groups excluding carboxylic acids is 1. The highest BCUT2D eigenvalue weighted by molar-refractivity contribution is 6.32. The Morgan fingerprint density at radius 1 is 1.29 bits per heavy atom. The van der Waals surface area contributed by atoms with Gasteiger partial charge in [-0.05, 0) is 37.8 Å². The van der Waals surface area contributed by atoms with Gasteiger partial charge in [0.05, 0.1) is 5.56 Å². The van der Waals surface area contributed by atoms with Crippen molar-refractivity contribution >= 4 is 17.6 Å². The largest absolute Gasteiger partial charge is 0.459 e. The number of rotatable bonds is 2. The van der Waals surface area contributed by atoms with Gasteiger partial charge in [0.15, 0.2) is 0 Å². The molecule has 0 bridgehead atoms. The molecule has 1 saturated carbocycles. The number of halogens is 1. The van der Waals surface area contributed by atoms with E-state index in [1.54, 1.807) is 18.3 Å². The average molecular weight is 254 g/mol. The van der Waals surface area contributed by atoms with E-state index in [1.165, 1.54) is 12.8 Å². The van der Waals surface area contributed by atoms with E-state index in [0.717, 1.165) is 25.7 Å². The van der Waals surface area contributed by atoms with Crippen LogP contribution in [-0.4, -0.2) is 17.1 Å². The molecule has 1 fully saturated rings. The van der Waals surface area contributed by atoms with Crippen LogP contribution in [0.3, 0.4) is 0 Å². The second-order valence-electron chi connectivity index (χ2n) is 4.36. The van der Waals surface area contributed by atoms with Crippen LogP contribution in [0.25, 0.3) is 0 Å². The third-order valence-electron chi connectivity index (χ3n) is 3.05. The summed E-state index contributed by atoms with van der Waals surface area (Å²) in [6, 6.07) is 3.34. The predicted octanol–water partition coefficient (Wildman–Crippen LogP) is 3.61. The third-order valence-corrected chi connectivity index (χ3v) is 3.36. The molecule has 0 unspecified atom stereocenters. The Hall–Kier alpha value is -1.09. The van der Waals surface area contributed by atoms with Gasteiger partial charge in [0.2, 0.25) is 0 Å². The number of hydrogen-bond acceptors (Lipinski definition) is 3. The minimum atomic E-state index is -0.352. The fraction of sp³-hybridized carbons (Fsp3) is 0.538. The molecule has 17 heavy (non-hydrogen) atoms. The molecule has 0 radical (unpaired) electrons. The molecule has 0 aliphatic heterocycles. The van der Waals surface area contributed by atoms with Crippen LogP contribution in [0.4, 0.5) is 0 Å². The highest BCUT2D eigenvalue weighted by Crippen LogP contribution is 2.22. The predicted molar refractivity (Wildman–Crippen MR) is 66.2 cm³/mol. The molecule has 0 N–H and O–H groups in total. The number of hydrogen-bond donors (Lipinski definition) is 0. The molecular weight excluding hydrogens is 238 g/mol. The Balaban J connectivity index is 1.98. The van der Waals surface area contributed by atoms with E-state index < -0.39 is 0 Å². The normalized spacial score (nSPS) is 17.5. The van der Waals surface area contributed by atoms with E-state index in [4.69, 9.17) is 16.3 Å². The van der Waals surface area contributed by atoms with Crippen molar-refractivity contribution in [1.29, 1.82) is 0 Å². The molecule has 1 heterocycles. The molecule has 92 valence electrons. The Kier molecular flexibility index (Phi) is 4.37. The van der Waals surface area contributed by atoms with Gasteiger partial charge in [0, 0.05) is 6.20 Å². The lowest BCUT2D eigenvalue weighted by Crippen LogP contribution is -2.18. The first-order valence-corrected chi connectivity index (χ1v) is 6.46. The molecular formula is C13H16ClNO2. The first kappa shape index (κ1) is 12.4. The minimum Gasteiger partial charge on any atom is -0.459 e. The molecule has 0 spiro atoms. The van der Waals surface area contributed by atoms with Crippen LogP contribution < -0.4 is 0 Å². The van der Waals surface area contributed by atoms with Gasteiger partial charge < -0.3 is 4.74 Å². The van der Waals surface area contributed by atoms with Crippen LogP contribution in [0.5, 0.6) is 0 Å². The van der Waals surface area contributed by atoms with Crippen LogP contribution in [0.2, 0.25) is 5.15 Å². The van der Waals surface area contributed by atoms with Crippen LogP contribution in [0, 0.1) is 0 Å². The highest BCUT2D eigenvalue weighted by Gasteiger charge is 2.19. The van der Waals surface area contributed by atoms with Gasteiger partial charge in [-0.15, -0.1) is 0 Å². The maximum atomic E-state index is 11.9. The third kappa shape index (κ3) is 3.43. The summed E-state index contributed by atoms with van der Waals surface area (Å²) in [5.41, 5.74) is 0.360. The summed E-state index contributed by atoms with van der Waals surface area (Å²) in [6.45, 7) is 0. The van der Waals surface area contributed by atoms with Crippen molar-refractivity contribution in [2.24, 2.45) is 0 Å². The maximum absolute atomic E-state index is 11.9. The van der Waals surface area contributed by atoms with Crippen molar-refractivity contribution in [3.8, 4) is 0 Å². The van der Waals surface area contributed by atoms with Gasteiger partial charge in [-0.25, -0.2) is 9.78 Å². The van der Waals surface area contributed by atoms with E-state index in [-0.39, 0.29) is 17.2 Å². The molecule has 0 aromatic carbocycles. The van der Waals surface area contributed by atoms with Gasteiger partial charge in [0.1, 0.15) is 11.3 Å². The monoisotopic (exact) mass is 253 g/mol. The average Bonchev–Trinajstić information content (AvgIpc) is 2.58. The van der Waals surface area contributed by atoms with E-state index in [9.17, 15) is 4.79 Å². The number of ether oxygens (including phenoxy) is 1.